The molecule has 1 aliphatic heterocycles. The molecule has 3 amide bonds. The van der Waals surface area contributed by atoms with Crippen molar-refractivity contribution in [1.29, 1.82) is 0 Å². The molecule has 1 atom stereocenters. The van der Waals surface area contributed by atoms with Crippen LogP contribution in [0.4, 0.5) is 4.79 Å². The summed E-state index contributed by atoms with van der Waals surface area (Å²) in [4.78, 5) is 36.1. The lowest BCUT2D eigenvalue weighted by Crippen LogP contribution is -2.58. The summed E-state index contributed by atoms with van der Waals surface area (Å²) in [5, 5.41) is 7.54. The van der Waals surface area contributed by atoms with E-state index in [4.69, 9.17) is 4.74 Å². The highest BCUT2D eigenvalue weighted by Gasteiger charge is 2.31. The van der Waals surface area contributed by atoms with Gasteiger partial charge in [0.05, 0.1) is 13.2 Å². The molecule has 108 valence electrons. The van der Waals surface area contributed by atoms with E-state index in [1.165, 1.54) is 7.05 Å². The minimum absolute atomic E-state index is 0.0153. The third-order valence-electron chi connectivity index (χ3n) is 2.74. The standard InChI is InChI=1S/C11H20N4O4/c1-3-19-10(17)8-6-13-4-5-15(8)7-9(16)14-11(18)12-2/h8,13H,3-7H2,1-2H3,(H2,12,14,16,18). The highest BCUT2D eigenvalue weighted by atomic mass is 16.5. The van der Waals surface area contributed by atoms with Gasteiger partial charge in [-0.1, -0.05) is 0 Å². The van der Waals surface area contributed by atoms with E-state index >= 15 is 0 Å². The lowest BCUT2D eigenvalue weighted by Gasteiger charge is -2.33. The van der Waals surface area contributed by atoms with Crippen LogP contribution in [0, 0.1) is 0 Å². The van der Waals surface area contributed by atoms with Crippen LogP contribution in [-0.2, 0) is 14.3 Å². The number of hydrogen-bond donors (Lipinski definition) is 3. The Hall–Kier alpha value is -1.67. The molecule has 3 N–H and O–H groups in total. The molecule has 1 aliphatic rings. The first-order valence-corrected chi connectivity index (χ1v) is 6.21. The van der Waals surface area contributed by atoms with Crippen LogP contribution in [0.5, 0.6) is 0 Å². The minimum Gasteiger partial charge on any atom is -0.465 e. The zero-order valence-electron chi connectivity index (χ0n) is 11.2. The predicted molar refractivity (Wildman–Crippen MR) is 67.5 cm³/mol. The van der Waals surface area contributed by atoms with Crippen molar-refractivity contribution in [2.45, 2.75) is 13.0 Å². The van der Waals surface area contributed by atoms with Crippen molar-refractivity contribution in [3.05, 3.63) is 0 Å². The number of carbonyl (C=O) groups is 3. The van der Waals surface area contributed by atoms with Gasteiger partial charge in [0.1, 0.15) is 6.04 Å². The van der Waals surface area contributed by atoms with Gasteiger partial charge in [0.15, 0.2) is 0 Å². The zero-order valence-corrected chi connectivity index (χ0v) is 11.2. The third-order valence-corrected chi connectivity index (χ3v) is 2.74. The van der Waals surface area contributed by atoms with Crippen LogP contribution in [0.3, 0.4) is 0 Å². The molecule has 0 aromatic carbocycles. The van der Waals surface area contributed by atoms with Gasteiger partial charge in [-0.05, 0) is 6.92 Å². The number of nitrogens with zero attached hydrogens (tertiary/aromatic N) is 1. The Labute approximate surface area is 111 Å². The maximum absolute atomic E-state index is 11.8. The molecule has 1 fully saturated rings. The Morgan fingerprint density at radius 3 is 2.79 bits per heavy atom. The monoisotopic (exact) mass is 272 g/mol. The van der Waals surface area contributed by atoms with Gasteiger partial charge in [0.2, 0.25) is 5.91 Å². The highest BCUT2D eigenvalue weighted by Crippen LogP contribution is 2.05. The van der Waals surface area contributed by atoms with Gasteiger partial charge in [-0.2, -0.15) is 0 Å². The van der Waals surface area contributed by atoms with Crippen LogP contribution in [0.15, 0.2) is 0 Å². The van der Waals surface area contributed by atoms with Gasteiger partial charge in [-0.3, -0.25) is 19.8 Å². The number of ether oxygens (including phenoxy) is 1. The first-order valence-electron chi connectivity index (χ1n) is 6.21. The summed E-state index contributed by atoms with van der Waals surface area (Å²) < 4.78 is 4.96. The molecule has 8 heteroatoms. The summed E-state index contributed by atoms with van der Waals surface area (Å²) in [6.07, 6.45) is 0. The average Bonchev–Trinajstić information content (AvgIpc) is 2.39. The summed E-state index contributed by atoms with van der Waals surface area (Å²) in [5.41, 5.74) is 0. The van der Waals surface area contributed by atoms with Crippen LogP contribution in [0.25, 0.3) is 0 Å². The SMILES string of the molecule is CCOC(=O)C1CNCCN1CC(=O)NC(=O)NC. The lowest BCUT2D eigenvalue weighted by molar-refractivity contribution is -0.150. The molecule has 19 heavy (non-hydrogen) atoms. The molecule has 1 rings (SSSR count). The second kappa shape index (κ2) is 7.70. The number of rotatable bonds is 4. The first-order chi connectivity index (χ1) is 9.08. The van der Waals surface area contributed by atoms with E-state index < -0.39 is 18.0 Å². The van der Waals surface area contributed by atoms with E-state index in [9.17, 15) is 14.4 Å². The number of urea groups is 1. The van der Waals surface area contributed by atoms with Crippen LogP contribution in [0.2, 0.25) is 0 Å². The second-order valence-electron chi connectivity index (χ2n) is 4.07. The molecule has 0 bridgehead atoms. The maximum atomic E-state index is 11.8. The predicted octanol–water partition coefficient (Wildman–Crippen LogP) is -1.72. The average molecular weight is 272 g/mol. The smallest absolute Gasteiger partial charge is 0.324 e. The Morgan fingerprint density at radius 1 is 1.42 bits per heavy atom. The van der Waals surface area contributed by atoms with Crippen LogP contribution < -0.4 is 16.0 Å². The molecule has 1 saturated heterocycles. The molecule has 8 nitrogen and oxygen atoms in total. The van der Waals surface area contributed by atoms with Crippen molar-refractivity contribution in [3.63, 3.8) is 0 Å². The molecule has 0 saturated carbocycles. The summed E-state index contributed by atoms with van der Waals surface area (Å²) >= 11 is 0. The number of esters is 1. The molecule has 0 aromatic heterocycles. The van der Waals surface area contributed by atoms with Crippen molar-refractivity contribution in [1.82, 2.24) is 20.9 Å². The van der Waals surface area contributed by atoms with E-state index in [0.717, 1.165) is 0 Å². The topological polar surface area (TPSA) is 99.8 Å². The molecule has 1 heterocycles. The summed E-state index contributed by atoms with van der Waals surface area (Å²) in [5.74, 6) is -0.807. The Morgan fingerprint density at radius 2 is 2.16 bits per heavy atom. The van der Waals surface area contributed by atoms with Crippen molar-refractivity contribution >= 4 is 17.9 Å². The largest absolute Gasteiger partial charge is 0.465 e. The molecule has 1 unspecified atom stereocenters. The quantitative estimate of drug-likeness (QED) is 0.526. The fraction of sp³-hybridized carbons (Fsp3) is 0.727. The van der Waals surface area contributed by atoms with Crippen molar-refractivity contribution < 1.29 is 19.1 Å². The number of nitrogens with one attached hydrogen (secondary N) is 3. The summed E-state index contributed by atoms with van der Waals surface area (Å²) in [6.45, 7) is 3.68. The minimum atomic E-state index is -0.562. The highest BCUT2D eigenvalue weighted by molar-refractivity contribution is 5.95. The number of piperazine rings is 1. The van der Waals surface area contributed by atoms with Gasteiger partial charge in [-0.25, -0.2) is 4.79 Å². The fourth-order valence-corrected chi connectivity index (χ4v) is 1.82. The molecule has 0 radical (unpaired) electrons. The second-order valence-corrected chi connectivity index (χ2v) is 4.07. The number of hydrogen-bond acceptors (Lipinski definition) is 6. The molecule has 0 spiro atoms. The van der Waals surface area contributed by atoms with E-state index in [1.54, 1.807) is 11.8 Å². The number of amides is 3. The maximum Gasteiger partial charge on any atom is 0.324 e. The van der Waals surface area contributed by atoms with Crippen molar-refractivity contribution in [2.24, 2.45) is 0 Å². The van der Waals surface area contributed by atoms with Gasteiger partial charge in [-0.15, -0.1) is 0 Å². The zero-order chi connectivity index (χ0) is 14.3. The van der Waals surface area contributed by atoms with Crippen molar-refractivity contribution in [2.75, 3.05) is 39.8 Å². The van der Waals surface area contributed by atoms with E-state index in [-0.39, 0.29) is 12.5 Å². The van der Waals surface area contributed by atoms with Gasteiger partial charge < -0.3 is 15.4 Å². The van der Waals surface area contributed by atoms with E-state index in [1.807, 2.05) is 0 Å². The van der Waals surface area contributed by atoms with Gasteiger partial charge >= 0.3 is 12.0 Å². The van der Waals surface area contributed by atoms with Crippen molar-refractivity contribution in [3.8, 4) is 0 Å². The van der Waals surface area contributed by atoms with Gasteiger partial charge in [0.25, 0.3) is 0 Å². The Bertz CT molecular complexity index is 348. The fourth-order valence-electron chi connectivity index (χ4n) is 1.82. The molecular weight excluding hydrogens is 252 g/mol. The Balaban J connectivity index is 2.54. The van der Waals surface area contributed by atoms with Crippen LogP contribution in [0.1, 0.15) is 6.92 Å². The Kier molecular flexibility index (Phi) is 6.23. The molecule has 0 aromatic rings. The van der Waals surface area contributed by atoms with Gasteiger partial charge in [0, 0.05) is 26.7 Å². The number of carbonyl (C=O) groups excluding carboxylic acids is 3. The third kappa shape index (κ3) is 4.84. The summed E-state index contributed by atoms with van der Waals surface area (Å²) in [7, 11) is 1.43. The van der Waals surface area contributed by atoms with Crippen LogP contribution >= 0.6 is 0 Å². The van der Waals surface area contributed by atoms with Crippen LogP contribution in [-0.4, -0.2) is 68.7 Å². The van der Waals surface area contributed by atoms with E-state index in [0.29, 0.717) is 26.2 Å². The molecular formula is C11H20N4O4. The normalized spacial score (nSPS) is 19.6. The van der Waals surface area contributed by atoms with E-state index in [2.05, 4.69) is 16.0 Å². The lowest BCUT2D eigenvalue weighted by atomic mass is 10.2. The molecule has 0 aliphatic carbocycles. The summed E-state index contributed by atoms with van der Waals surface area (Å²) in [6, 6.07) is -1.06. The first kappa shape index (κ1) is 15.4. The number of imide groups is 1.